The lowest BCUT2D eigenvalue weighted by Gasteiger charge is -2.27. The molecule has 9 aromatic rings. The van der Waals surface area contributed by atoms with Gasteiger partial charge in [0.15, 0.2) is 0 Å². The molecular formula is C55H46N2Si. The van der Waals surface area contributed by atoms with Crippen LogP contribution in [-0.2, 0) is 0 Å². The molecule has 0 saturated carbocycles. The Morgan fingerprint density at radius 3 is 1.28 bits per heavy atom. The van der Waals surface area contributed by atoms with Crippen LogP contribution in [0.4, 0.5) is 34.1 Å². The normalized spacial score (nSPS) is 11.4. The van der Waals surface area contributed by atoms with Crippen molar-refractivity contribution in [3.63, 3.8) is 0 Å². The summed E-state index contributed by atoms with van der Waals surface area (Å²) in [6.45, 7) is 7.20. The van der Waals surface area contributed by atoms with Crippen LogP contribution in [0.1, 0.15) is 0 Å². The zero-order valence-electron chi connectivity index (χ0n) is 33.3. The van der Waals surface area contributed by atoms with Crippen molar-refractivity contribution in [3.05, 3.63) is 224 Å². The summed E-state index contributed by atoms with van der Waals surface area (Å²) in [5, 5.41) is 3.91. The minimum atomic E-state index is -1.44. The zero-order chi connectivity index (χ0) is 39.5. The Morgan fingerprint density at radius 1 is 0.293 bits per heavy atom. The number of anilines is 6. The van der Waals surface area contributed by atoms with Crippen LogP contribution in [0.25, 0.3) is 44.2 Å². The second kappa shape index (κ2) is 15.9. The molecule has 0 bridgehead atoms. The highest BCUT2D eigenvalue weighted by Crippen LogP contribution is 2.40. The minimum Gasteiger partial charge on any atom is -0.310 e. The van der Waals surface area contributed by atoms with Crippen molar-refractivity contribution in [2.75, 3.05) is 9.80 Å². The fraction of sp³-hybridized carbons (Fsp3) is 0.0545. The molecule has 0 saturated heterocycles. The molecular weight excluding hydrogens is 717 g/mol. The molecule has 0 atom stereocenters. The topological polar surface area (TPSA) is 6.48 Å². The zero-order valence-corrected chi connectivity index (χ0v) is 34.3. The maximum Gasteiger partial charge on any atom is 0.0775 e. The number of nitrogens with zero attached hydrogens (tertiary/aromatic N) is 2. The molecule has 0 aromatic heterocycles. The summed E-state index contributed by atoms with van der Waals surface area (Å²) in [5.41, 5.74) is 14.0. The number of benzene rings is 9. The lowest BCUT2D eigenvalue weighted by molar-refractivity contribution is 1.28. The van der Waals surface area contributed by atoms with Gasteiger partial charge in [-0.15, -0.1) is 0 Å². The van der Waals surface area contributed by atoms with Crippen molar-refractivity contribution in [1.29, 1.82) is 0 Å². The Morgan fingerprint density at radius 2 is 0.690 bits per heavy atom. The van der Waals surface area contributed by atoms with Crippen molar-refractivity contribution in [2.24, 2.45) is 0 Å². The van der Waals surface area contributed by atoms with Gasteiger partial charge in [0.2, 0.25) is 0 Å². The van der Waals surface area contributed by atoms with Gasteiger partial charge in [-0.3, -0.25) is 0 Å². The average Bonchev–Trinajstić information content (AvgIpc) is 3.28. The predicted octanol–water partition coefficient (Wildman–Crippen LogP) is 15.3. The number of para-hydroxylation sites is 1. The molecule has 0 amide bonds. The highest BCUT2D eigenvalue weighted by molar-refractivity contribution is 6.88. The van der Waals surface area contributed by atoms with Gasteiger partial charge < -0.3 is 9.80 Å². The smallest absolute Gasteiger partial charge is 0.0775 e. The van der Waals surface area contributed by atoms with Gasteiger partial charge in [0, 0.05) is 33.8 Å². The highest BCUT2D eigenvalue weighted by Gasteiger charge is 2.19. The molecule has 0 radical (unpaired) electrons. The largest absolute Gasteiger partial charge is 0.310 e. The monoisotopic (exact) mass is 762 g/mol. The molecule has 9 rings (SSSR count). The van der Waals surface area contributed by atoms with Crippen molar-refractivity contribution < 1.29 is 0 Å². The third-order valence-electron chi connectivity index (χ3n) is 11.0. The first-order chi connectivity index (χ1) is 28.4. The van der Waals surface area contributed by atoms with Crippen LogP contribution < -0.4 is 15.0 Å². The van der Waals surface area contributed by atoms with E-state index in [1.54, 1.807) is 0 Å². The molecule has 0 unspecified atom stereocenters. The molecule has 0 spiro atoms. The molecule has 0 fully saturated rings. The first kappa shape index (κ1) is 36.7. The summed E-state index contributed by atoms with van der Waals surface area (Å²) >= 11 is 0. The summed E-state index contributed by atoms with van der Waals surface area (Å²) in [6, 6.07) is 81.3. The second-order valence-electron chi connectivity index (χ2n) is 15.9. The summed E-state index contributed by atoms with van der Waals surface area (Å²) in [6.07, 6.45) is 0. The summed E-state index contributed by atoms with van der Waals surface area (Å²) in [7, 11) is -1.44. The van der Waals surface area contributed by atoms with Gasteiger partial charge in [-0.2, -0.15) is 0 Å². The van der Waals surface area contributed by atoms with E-state index < -0.39 is 8.07 Å². The van der Waals surface area contributed by atoms with Crippen molar-refractivity contribution in [1.82, 2.24) is 0 Å². The summed E-state index contributed by atoms with van der Waals surface area (Å²) in [4.78, 5) is 4.72. The van der Waals surface area contributed by atoms with E-state index in [0.717, 1.165) is 34.1 Å². The van der Waals surface area contributed by atoms with E-state index in [-0.39, 0.29) is 0 Å². The standard InChI is InChI=1S/C55H46N2Si/c1-58(2,3)53-38-36-50(37-39-53)56(52-21-12-18-47(40-52)41-14-6-4-7-15-41)49-32-28-44(29-33-49)42-24-26-43(27-25-42)45-30-34-51(35-31-45)57(48-19-8-5-9-20-48)55-23-13-17-46-16-10-11-22-54(46)55/h4-40H,1-3H3. The first-order valence-corrected chi connectivity index (χ1v) is 23.6. The van der Waals surface area contributed by atoms with Crippen LogP contribution in [0, 0.1) is 0 Å². The lowest BCUT2D eigenvalue weighted by Crippen LogP contribution is -2.37. The van der Waals surface area contributed by atoms with Crippen LogP contribution in [0.3, 0.4) is 0 Å². The van der Waals surface area contributed by atoms with Crippen molar-refractivity contribution >= 4 is 58.2 Å². The van der Waals surface area contributed by atoms with Crippen LogP contribution in [0.2, 0.25) is 19.6 Å². The Kier molecular flexibility index (Phi) is 10.1. The average molecular weight is 763 g/mol. The van der Waals surface area contributed by atoms with E-state index in [1.165, 1.54) is 49.3 Å². The molecule has 0 heterocycles. The van der Waals surface area contributed by atoms with Gasteiger partial charge in [0.25, 0.3) is 0 Å². The van der Waals surface area contributed by atoms with E-state index >= 15 is 0 Å². The fourth-order valence-electron chi connectivity index (χ4n) is 7.88. The second-order valence-corrected chi connectivity index (χ2v) is 21.0. The van der Waals surface area contributed by atoms with Gasteiger partial charge in [-0.1, -0.05) is 183 Å². The van der Waals surface area contributed by atoms with Gasteiger partial charge in [0.1, 0.15) is 0 Å². The number of rotatable bonds is 10. The third-order valence-corrected chi connectivity index (χ3v) is 13.1. The van der Waals surface area contributed by atoms with Crippen LogP contribution >= 0.6 is 0 Å². The number of hydrogen-bond acceptors (Lipinski definition) is 2. The number of hydrogen-bond donors (Lipinski definition) is 0. The molecule has 2 nitrogen and oxygen atoms in total. The Balaban J connectivity index is 0.994. The molecule has 0 aliphatic rings. The summed E-state index contributed by atoms with van der Waals surface area (Å²) < 4.78 is 0. The summed E-state index contributed by atoms with van der Waals surface area (Å²) in [5.74, 6) is 0. The van der Waals surface area contributed by atoms with Crippen molar-refractivity contribution in [2.45, 2.75) is 19.6 Å². The predicted molar refractivity (Wildman–Crippen MR) is 253 cm³/mol. The van der Waals surface area contributed by atoms with Crippen molar-refractivity contribution in [3.8, 4) is 33.4 Å². The van der Waals surface area contributed by atoms with Crippen LogP contribution in [-0.4, -0.2) is 8.07 Å². The molecule has 58 heavy (non-hydrogen) atoms. The molecule has 0 aliphatic heterocycles. The lowest BCUT2D eigenvalue weighted by atomic mass is 9.99. The Labute approximate surface area is 344 Å². The van der Waals surface area contributed by atoms with E-state index in [1.807, 2.05) is 0 Å². The third kappa shape index (κ3) is 7.60. The van der Waals surface area contributed by atoms with Crippen LogP contribution in [0.5, 0.6) is 0 Å². The Hall–Kier alpha value is -6.94. The van der Waals surface area contributed by atoms with Gasteiger partial charge >= 0.3 is 0 Å². The first-order valence-electron chi connectivity index (χ1n) is 20.1. The van der Waals surface area contributed by atoms with E-state index in [9.17, 15) is 0 Å². The Bertz CT molecular complexity index is 2770. The van der Waals surface area contributed by atoms with E-state index in [4.69, 9.17) is 0 Å². The maximum absolute atomic E-state index is 2.40. The SMILES string of the molecule is C[Si](C)(C)c1ccc(N(c2ccc(-c3ccc(-c4ccc(N(c5ccccc5)c5cccc6ccccc56)cc4)cc3)cc2)c2cccc(-c3ccccc3)c2)cc1. The molecule has 0 N–H and O–H groups in total. The van der Waals surface area contributed by atoms with Gasteiger partial charge in [-0.05, 0) is 105 Å². The van der Waals surface area contributed by atoms with Gasteiger partial charge in [0.05, 0.1) is 13.8 Å². The number of fused-ring (bicyclic) bond motifs is 1. The molecule has 9 aromatic carbocycles. The molecule has 0 aliphatic carbocycles. The quantitative estimate of drug-likeness (QED) is 0.128. The molecule has 280 valence electrons. The highest BCUT2D eigenvalue weighted by atomic mass is 28.3. The molecule has 3 heteroatoms. The van der Waals surface area contributed by atoms with Gasteiger partial charge in [-0.25, -0.2) is 0 Å². The fourth-order valence-corrected chi connectivity index (χ4v) is 9.05. The minimum absolute atomic E-state index is 1.12. The van der Waals surface area contributed by atoms with Crippen LogP contribution in [0.15, 0.2) is 224 Å². The van der Waals surface area contributed by atoms with E-state index in [0.29, 0.717) is 0 Å². The van der Waals surface area contributed by atoms with E-state index in [2.05, 4.69) is 254 Å². The maximum atomic E-state index is 2.40.